The van der Waals surface area contributed by atoms with E-state index in [-0.39, 0.29) is 30.3 Å². The zero-order chi connectivity index (χ0) is 18.1. The topological polar surface area (TPSA) is 62.7 Å². The molecule has 0 radical (unpaired) electrons. The third kappa shape index (κ3) is 3.44. The molecule has 0 unspecified atom stereocenters. The van der Waals surface area contributed by atoms with E-state index in [1.165, 1.54) is 0 Å². The van der Waals surface area contributed by atoms with E-state index in [4.69, 9.17) is 4.74 Å². The van der Waals surface area contributed by atoms with Gasteiger partial charge in [-0.1, -0.05) is 22.0 Å². The monoisotopic (exact) mass is 415 g/mol. The Morgan fingerprint density at radius 3 is 2.77 bits per heavy atom. The molecule has 0 bridgehead atoms. The van der Waals surface area contributed by atoms with Gasteiger partial charge >= 0.3 is 0 Å². The lowest BCUT2D eigenvalue weighted by Crippen LogP contribution is -2.57. The molecule has 0 saturated carbocycles. The van der Waals surface area contributed by atoms with Crippen LogP contribution in [0.1, 0.15) is 6.42 Å². The maximum atomic E-state index is 12.7. The highest BCUT2D eigenvalue weighted by atomic mass is 79.9. The summed E-state index contributed by atoms with van der Waals surface area (Å²) >= 11 is 3.42. The van der Waals surface area contributed by atoms with E-state index in [0.29, 0.717) is 25.4 Å². The van der Waals surface area contributed by atoms with Gasteiger partial charge in [-0.05, 0) is 30.3 Å². The number of benzene rings is 1. The number of rotatable bonds is 4. The van der Waals surface area contributed by atoms with E-state index in [9.17, 15) is 9.59 Å². The van der Waals surface area contributed by atoms with Crippen molar-refractivity contribution in [2.24, 2.45) is 5.92 Å². The second kappa shape index (κ2) is 7.07. The highest BCUT2D eigenvalue weighted by molar-refractivity contribution is 9.10. The molecule has 0 N–H and O–H groups in total. The lowest BCUT2D eigenvalue weighted by Gasteiger charge is -2.40. The molecule has 1 aromatic carbocycles. The molecular weight excluding hydrogens is 398 g/mol. The van der Waals surface area contributed by atoms with Crippen molar-refractivity contribution in [1.29, 1.82) is 0 Å². The van der Waals surface area contributed by atoms with Crippen LogP contribution < -0.4 is 9.64 Å². The summed E-state index contributed by atoms with van der Waals surface area (Å²) in [4.78, 5) is 32.5. The van der Waals surface area contributed by atoms with E-state index in [0.717, 1.165) is 10.2 Å². The van der Waals surface area contributed by atoms with Gasteiger partial charge in [-0.2, -0.15) is 0 Å². The first-order valence-electron chi connectivity index (χ1n) is 8.51. The van der Waals surface area contributed by atoms with E-state index < -0.39 is 0 Å². The summed E-state index contributed by atoms with van der Waals surface area (Å²) in [6, 6.07) is 11.2. The minimum atomic E-state index is -0.291. The fraction of sp³-hybridized carbons (Fsp3) is 0.316. The van der Waals surface area contributed by atoms with Crippen LogP contribution in [-0.4, -0.2) is 47.4 Å². The molecule has 2 fully saturated rings. The fourth-order valence-electron chi connectivity index (χ4n) is 3.33. The van der Waals surface area contributed by atoms with Crippen LogP contribution in [0.5, 0.6) is 5.75 Å². The number of ether oxygens (including phenoxy) is 1. The van der Waals surface area contributed by atoms with E-state index >= 15 is 0 Å². The molecule has 2 saturated heterocycles. The predicted octanol–water partition coefficient (Wildman–Crippen LogP) is 2.49. The van der Waals surface area contributed by atoms with Gasteiger partial charge in [0.25, 0.3) is 0 Å². The highest BCUT2D eigenvalue weighted by Gasteiger charge is 2.41. The molecule has 2 amide bonds. The minimum absolute atomic E-state index is 0.00914. The molecule has 2 aromatic rings. The van der Waals surface area contributed by atoms with Gasteiger partial charge in [0.05, 0.1) is 25.2 Å². The van der Waals surface area contributed by atoms with E-state index in [2.05, 4.69) is 20.9 Å². The zero-order valence-corrected chi connectivity index (χ0v) is 15.6. The Hall–Kier alpha value is -2.41. The SMILES string of the molecule is O=C([C@@H]1CC(=O)N(c2cccc(Br)c2)C1)N1CC(Oc2cccnc2)C1. The molecule has 26 heavy (non-hydrogen) atoms. The van der Waals surface area contributed by atoms with Crippen LogP contribution in [0, 0.1) is 5.92 Å². The predicted molar refractivity (Wildman–Crippen MR) is 99.8 cm³/mol. The fourth-order valence-corrected chi connectivity index (χ4v) is 3.71. The molecule has 4 rings (SSSR count). The molecule has 3 heterocycles. The Morgan fingerprint density at radius 1 is 1.19 bits per heavy atom. The Morgan fingerprint density at radius 2 is 2.04 bits per heavy atom. The average Bonchev–Trinajstić information content (AvgIpc) is 3.00. The maximum Gasteiger partial charge on any atom is 0.228 e. The second-order valence-electron chi connectivity index (χ2n) is 6.56. The number of hydrogen-bond donors (Lipinski definition) is 0. The van der Waals surface area contributed by atoms with Gasteiger partial charge in [-0.15, -0.1) is 0 Å². The number of carbonyl (C=O) groups is 2. The van der Waals surface area contributed by atoms with Gasteiger partial charge in [0, 0.05) is 29.3 Å². The molecular formula is C19H18BrN3O3. The first-order valence-corrected chi connectivity index (χ1v) is 9.31. The summed E-state index contributed by atoms with van der Waals surface area (Å²) in [5.74, 6) is 0.439. The minimum Gasteiger partial charge on any atom is -0.485 e. The first-order chi connectivity index (χ1) is 12.6. The molecule has 2 aliphatic rings. The third-order valence-corrected chi connectivity index (χ3v) is 5.18. The summed E-state index contributed by atoms with van der Waals surface area (Å²) in [6.07, 6.45) is 3.60. The molecule has 1 aromatic heterocycles. The normalized spacial score (nSPS) is 20.2. The first kappa shape index (κ1) is 17.0. The zero-order valence-electron chi connectivity index (χ0n) is 14.0. The molecule has 2 aliphatic heterocycles. The van der Waals surface area contributed by atoms with Gasteiger partial charge in [-0.25, -0.2) is 0 Å². The largest absolute Gasteiger partial charge is 0.485 e. The molecule has 1 atom stereocenters. The van der Waals surface area contributed by atoms with Crippen LogP contribution in [-0.2, 0) is 9.59 Å². The summed E-state index contributed by atoms with van der Waals surface area (Å²) in [7, 11) is 0. The second-order valence-corrected chi connectivity index (χ2v) is 7.47. The number of carbonyl (C=O) groups excluding carboxylic acids is 2. The molecule has 134 valence electrons. The summed E-state index contributed by atoms with van der Waals surface area (Å²) in [6.45, 7) is 1.53. The maximum absolute atomic E-state index is 12.7. The molecule has 0 aliphatic carbocycles. The third-order valence-electron chi connectivity index (χ3n) is 4.69. The number of hydrogen-bond acceptors (Lipinski definition) is 4. The van der Waals surface area contributed by atoms with Gasteiger partial charge in [-0.3, -0.25) is 14.6 Å². The number of nitrogens with zero attached hydrogens (tertiary/aromatic N) is 3. The Bertz CT molecular complexity index is 824. The van der Waals surface area contributed by atoms with Crippen LogP contribution in [0.4, 0.5) is 5.69 Å². The van der Waals surface area contributed by atoms with Gasteiger partial charge in [0.1, 0.15) is 11.9 Å². The standard InChI is InChI=1S/C19H18BrN3O3/c20-14-3-1-4-15(8-14)23-10-13(7-18(23)24)19(25)22-11-17(12-22)26-16-5-2-6-21-9-16/h1-6,8-9,13,17H,7,10-12H2/t13-/m1/s1. The van der Waals surface area contributed by atoms with Crippen molar-refractivity contribution in [3.05, 3.63) is 53.3 Å². The van der Waals surface area contributed by atoms with Gasteiger partial charge < -0.3 is 14.5 Å². The Balaban J connectivity index is 1.33. The van der Waals surface area contributed by atoms with Gasteiger partial charge in [0.2, 0.25) is 11.8 Å². The molecule has 7 heteroatoms. The number of likely N-dealkylation sites (tertiary alicyclic amines) is 1. The van der Waals surface area contributed by atoms with Crippen molar-refractivity contribution >= 4 is 33.4 Å². The van der Waals surface area contributed by atoms with Crippen LogP contribution in [0.25, 0.3) is 0 Å². The summed E-state index contributed by atoms with van der Waals surface area (Å²) in [5, 5.41) is 0. The molecule has 6 nitrogen and oxygen atoms in total. The van der Waals surface area contributed by atoms with E-state index in [1.54, 1.807) is 22.2 Å². The number of pyridine rings is 1. The van der Waals surface area contributed by atoms with Crippen molar-refractivity contribution in [3.8, 4) is 5.75 Å². The van der Waals surface area contributed by atoms with Crippen molar-refractivity contribution in [1.82, 2.24) is 9.88 Å². The summed E-state index contributed by atoms with van der Waals surface area (Å²) in [5.41, 5.74) is 0.820. The lowest BCUT2D eigenvalue weighted by molar-refractivity contribution is -0.144. The van der Waals surface area contributed by atoms with E-state index in [1.807, 2.05) is 36.4 Å². The Labute approximate surface area is 159 Å². The molecule has 0 spiro atoms. The van der Waals surface area contributed by atoms with Crippen molar-refractivity contribution in [2.75, 3.05) is 24.5 Å². The Kier molecular flexibility index (Phi) is 4.63. The van der Waals surface area contributed by atoms with Crippen LogP contribution in [0.2, 0.25) is 0 Å². The summed E-state index contributed by atoms with van der Waals surface area (Å²) < 4.78 is 6.69. The van der Waals surface area contributed by atoms with Gasteiger partial charge in [0.15, 0.2) is 0 Å². The van der Waals surface area contributed by atoms with Crippen LogP contribution in [0.3, 0.4) is 0 Å². The van der Waals surface area contributed by atoms with Crippen molar-refractivity contribution in [3.63, 3.8) is 0 Å². The van der Waals surface area contributed by atoms with Crippen molar-refractivity contribution in [2.45, 2.75) is 12.5 Å². The quantitative estimate of drug-likeness (QED) is 0.769. The smallest absolute Gasteiger partial charge is 0.228 e. The number of amides is 2. The highest BCUT2D eigenvalue weighted by Crippen LogP contribution is 2.29. The van der Waals surface area contributed by atoms with Crippen molar-refractivity contribution < 1.29 is 14.3 Å². The van der Waals surface area contributed by atoms with Crippen LogP contribution >= 0.6 is 15.9 Å². The number of anilines is 1. The number of halogens is 1. The lowest BCUT2D eigenvalue weighted by atomic mass is 10.0. The average molecular weight is 416 g/mol. The van der Waals surface area contributed by atoms with Crippen LogP contribution in [0.15, 0.2) is 53.3 Å². The number of aromatic nitrogens is 1.